The second kappa shape index (κ2) is 58.3. The van der Waals surface area contributed by atoms with Gasteiger partial charge >= 0.3 is 17.9 Å². The quantitative estimate of drug-likeness (QED) is 0.0199. The maximum absolute atomic E-state index is 14.1. The lowest BCUT2D eigenvalue weighted by Crippen LogP contribution is -2.62. The van der Waals surface area contributed by atoms with Crippen molar-refractivity contribution in [3.63, 3.8) is 0 Å². The minimum atomic E-state index is -1.93. The summed E-state index contributed by atoms with van der Waals surface area (Å²) in [6.07, 6.45) is -6.07. The molecule has 0 aromatic carbocycles. The van der Waals surface area contributed by atoms with Crippen molar-refractivity contribution >= 4 is 137 Å². The minimum absolute atomic E-state index is 0.0391. The number of nitrogens with one attached hydrogen (secondary N) is 18. The number of thiol groups is 1. The van der Waals surface area contributed by atoms with Crippen LogP contribution in [0.2, 0.25) is 0 Å². The molecule has 0 heterocycles. The number of nitrogens with two attached hydrogens (primary N) is 2. The van der Waals surface area contributed by atoms with Crippen LogP contribution in [0.3, 0.4) is 0 Å². The van der Waals surface area contributed by atoms with E-state index in [-0.39, 0.29) is 38.1 Å². The van der Waals surface area contributed by atoms with Crippen LogP contribution < -0.4 is 107 Å². The van der Waals surface area contributed by atoms with Gasteiger partial charge in [-0.3, -0.25) is 95.9 Å². The van der Waals surface area contributed by atoms with E-state index in [0.717, 1.165) is 34.6 Å². The van der Waals surface area contributed by atoms with Gasteiger partial charge in [-0.2, -0.15) is 12.6 Å². The lowest BCUT2D eigenvalue weighted by atomic mass is 9.96. The van der Waals surface area contributed by atoms with Gasteiger partial charge in [-0.05, 0) is 109 Å². The van der Waals surface area contributed by atoms with Gasteiger partial charge in [0, 0.05) is 18.6 Å². The Morgan fingerprint density at radius 2 is 0.667 bits per heavy atom. The number of aliphatic carboxylic acids is 3. The molecule has 0 rings (SSSR count). The summed E-state index contributed by atoms with van der Waals surface area (Å²) >= 11 is 4.07. The fourth-order valence-electron chi connectivity index (χ4n) is 11.4. The van der Waals surface area contributed by atoms with Crippen LogP contribution >= 0.6 is 12.6 Å². The average Bonchev–Trinajstić information content (AvgIpc) is 0.857. The van der Waals surface area contributed by atoms with E-state index in [9.17, 15) is 136 Å². The molecule has 0 saturated heterocycles. The lowest BCUT2D eigenvalue weighted by Gasteiger charge is -2.30. The first-order valence-electron chi connectivity index (χ1n) is 41.0. The maximum Gasteiger partial charge on any atom is 0.326 e. The SMILES string of the molecule is CC[C@H](C)[C@H](NC(=O)CNC(=O)CNC(=O)[C@H](C)NC(=O)[C@H](CO)NC(=O)[C@H](CS)NC(=O)[C@@H](NC(=O)[C@H](CCC(=O)O)NC(=O)[C@@H](NC(=O)[C@@H](N)CCC(=O)O)C(C)C)[C@@H](C)O)C(=O)N[C@H](C(=O)N[C@@H](CC(C)C)C(=O)N[C@H](C(=O)NCC(=O)N[C@@H](CO)C(=O)N[C@@H](C)C(=O)N[C@H](C(=O)N[C@H](C(=O)N[C@@H](CCCCN)C(=O)O)C(C)C)[C@@H](C)O)[C@@H](C)O)C(C)C. The van der Waals surface area contributed by atoms with Crippen molar-refractivity contribution in [2.24, 2.45) is 41.1 Å². The van der Waals surface area contributed by atoms with Gasteiger partial charge in [0.15, 0.2) is 0 Å². The van der Waals surface area contributed by atoms with Crippen LogP contribution in [0.25, 0.3) is 0 Å². The van der Waals surface area contributed by atoms with Gasteiger partial charge < -0.3 is 148 Å². The summed E-state index contributed by atoms with van der Waals surface area (Å²) in [5.74, 6) is -26.5. The number of carbonyl (C=O) groups excluding carboxylic acids is 18. The van der Waals surface area contributed by atoms with Gasteiger partial charge in [-0.25, -0.2) is 4.79 Å². The van der Waals surface area contributed by atoms with Crippen molar-refractivity contribution in [1.29, 1.82) is 0 Å². The lowest BCUT2D eigenvalue weighted by molar-refractivity contribution is -0.143. The predicted molar refractivity (Wildman–Crippen MR) is 448 cm³/mol. The number of unbranched alkanes of at least 4 members (excludes halogenated alkanes) is 1. The van der Waals surface area contributed by atoms with Crippen LogP contribution in [-0.4, -0.2) is 325 Å². The zero-order valence-electron chi connectivity index (χ0n) is 73.4. The fraction of sp³-hybridized carbons (Fsp3) is 0.724. The molecule has 0 unspecified atom stereocenters. The summed E-state index contributed by atoms with van der Waals surface area (Å²) in [5, 5.41) is 121. The number of rotatable bonds is 60. The van der Waals surface area contributed by atoms with Gasteiger partial charge in [-0.1, -0.05) is 75.7 Å². The summed E-state index contributed by atoms with van der Waals surface area (Å²) in [6.45, 7) is 16.9. The molecule has 20 atom stereocenters. The third-order valence-electron chi connectivity index (χ3n) is 19.2. The molecule has 0 bridgehead atoms. The zero-order valence-corrected chi connectivity index (χ0v) is 74.3. The van der Waals surface area contributed by atoms with E-state index >= 15 is 0 Å². The van der Waals surface area contributed by atoms with Crippen LogP contribution in [0.5, 0.6) is 0 Å². The molecule has 0 spiro atoms. The molecule has 18 amide bonds. The summed E-state index contributed by atoms with van der Waals surface area (Å²) in [6, 6.07) is -25.3. The number of amides is 18. The van der Waals surface area contributed by atoms with Crippen LogP contribution in [0, 0.1) is 29.6 Å². The first-order chi connectivity index (χ1) is 58.6. The van der Waals surface area contributed by atoms with Gasteiger partial charge in [0.25, 0.3) is 0 Å². The molecule has 0 fully saturated rings. The highest BCUT2D eigenvalue weighted by Crippen LogP contribution is 2.15. The first-order valence-corrected chi connectivity index (χ1v) is 41.6. The summed E-state index contributed by atoms with van der Waals surface area (Å²) < 4.78 is 0. The highest BCUT2D eigenvalue weighted by molar-refractivity contribution is 7.80. The Labute approximate surface area is 734 Å². The Hall–Kier alpha value is -11.1. The third kappa shape index (κ3) is 42.3. The van der Waals surface area contributed by atoms with Gasteiger partial charge in [0.2, 0.25) is 106 Å². The van der Waals surface area contributed by atoms with Crippen LogP contribution in [0.4, 0.5) is 0 Å². The number of aliphatic hydroxyl groups excluding tert-OH is 5. The van der Waals surface area contributed by atoms with E-state index < -0.39 is 321 Å². The number of hydrogen-bond acceptors (Lipinski definition) is 29. The molecule has 0 aromatic heterocycles. The highest BCUT2D eigenvalue weighted by atomic mass is 32.1. The van der Waals surface area contributed by atoms with Crippen molar-refractivity contribution in [2.45, 2.75) is 277 Å². The second-order valence-corrected chi connectivity index (χ2v) is 32.0. The molecule has 0 aliphatic rings. The van der Waals surface area contributed by atoms with E-state index in [1.54, 1.807) is 55.4 Å². The molecule has 0 radical (unpaired) electrons. The van der Waals surface area contributed by atoms with Crippen LogP contribution in [-0.2, 0) is 101 Å². The molecule has 0 saturated carbocycles. The Kier molecular flexibility index (Phi) is 53.1. The zero-order chi connectivity index (χ0) is 97.0. The number of carboxylic acid groups (broad SMARTS) is 3. The van der Waals surface area contributed by atoms with E-state index in [2.05, 4.69) is 108 Å². The minimum Gasteiger partial charge on any atom is -0.481 e. The van der Waals surface area contributed by atoms with Crippen molar-refractivity contribution in [1.82, 2.24) is 95.7 Å². The number of aliphatic hydroxyl groups is 5. The van der Waals surface area contributed by atoms with Crippen molar-refractivity contribution < 1.29 is 142 Å². The molecular formula is C76H132N20O29S. The summed E-state index contributed by atoms with van der Waals surface area (Å²) in [7, 11) is 0. The summed E-state index contributed by atoms with van der Waals surface area (Å²) in [5.41, 5.74) is 11.3. The van der Waals surface area contributed by atoms with E-state index in [4.69, 9.17) is 16.6 Å². The predicted octanol–water partition coefficient (Wildman–Crippen LogP) is -11.0. The smallest absolute Gasteiger partial charge is 0.326 e. The van der Waals surface area contributed by atoms with Crippen molar-refractivity contribution in [3.8, 4) is 0 Å². The van der Waals surface area contributed by atoms with Gasteiger partial charge in [0.05, 0.1) is 57.2 Å². The largest absolute Gasteiger partial charge is 0.481 e. The van der Waals surface area contributed by atoms with Crippen molar-refractivity contribution in [3.05, 3.63) is 0 Å². The molecular weight excluding hydrogens is 1690 g/mol. The van der Waals surface area contributed by atoms with E-state index in [1.807, 2.05) is 0 Å². The Balaban J connectivity index is 5.97. The molecule has 30 N–H and O–H groups in total. The molecule has 0 aromatic rings. The van der Waals surface area contributed by atoms with Gasteiger partial charge in [-0.15, -0.1) is 0 Å². The number of hydrogen-bond donors (Lipinski definition) is 29. The van der Waals surface area contributed by atoms with E-state index in [0.29, 0.717) is 12.8 Å². The number of carbonyl (C=O) groups is 21. The Morgan fingerprint density at radius 1 is 0.325 bits per heavy atom. The molecule has 49 nitrogen and oxygen atoms in total. The Bertz CT molecular complexity index is 3730. The topological polar surface area (TPSA) is 789 Å². The third-order valence-corrected chi connectivity index (χ3v) is 19.6. The number of carboxylic acids is 3. The maximum atomic E-state index is 14.1. The molecule has 0 aliphatic heterocycles. The molecule has 0 aliphatic carbocycles. The Morgan fingerprint density at radius 3 is 1.10 bits per heavy atom. The first kappa shape index (κ1) is 115. The van der Waals surface area contributed by atoms with E-state index in [1.165, 1.54) is 13.8 Å². The molecule has 50 heteroatoms. The monoisotopic (exact) mass is 1820 g/mol. The molecule has 126 heavy (non-hydrogen) atoms. The second-order valence-electron chi connectivity index (χ2n) is 31.7. The fourth-order valence-corrected chi connectivity index (χ4v) is 11.7. The highest BCUT2D eigenvalue weighted by Gasteiger charge is 2.41. The normalized spacial score (nSPS) is 16.0. The summed E-state index contributed by atoms with van der Waals surface area (Å²) in [4.78, 5) is 276. The van der Waals surface area contributed by atoms with Crippen molar-refractivity contribution in [2.75, 3.05) is 45.1 Å². The van der Waals surface area contributed by atoms with Gasteiger partial charge in [0.1, 0.15) is 90.6 Å². The molecule has 716 valence electrons. The van der Waals surface area contributed by atoms with Crippen LogP contribution in [0.1, 0.15) is 162 Å². The average molecular weight is 1820 g/mol. The standard InChI is InChI=1S/C76H132N20O29S/c1-16-36(10)57(90-51(104)27-79-49(102)26-80-61(109)37(11)82-67(115)47(30-98)88-68(116)48(31-126)89-74(122)59(40(14)100)96-64(112)43(21-23-53(107)108)85-70(118)54(33(4)5)91-63(111)42(78)20-22-52(105)106)73(121)92-56(35(8)9)72(120)87-45(25-32(2)3)65(113)95-58(39(13)99)69(117)81-28-50(103)84-46(29-97)66(114)83-38(12)62(110)94-60(41(15)101)75(123)93-55(34(6)7)71(119)86-44(76(124)125)19-17-18-24-77/h32-48,54-60,97-101,126H,16-31,77-78H2,1-15H3,(H,79,102)(H,80,109)(H,81,117)(H,82,115)(H,83,114)(H,84,103)(H,85,118)(H,86,119)(H,87,120)(H,88,116)(H,89,122)(H,90,104)(H,91,111)(H,92,121)(H,93,123)(H,94,110)(H,95,113)(H,96,112)(H,105,106)(H,107,108)(H,124,125)/t36-,37-,38-,39+,40+,41+,42-,43-,44-,45-,46-,47-,48-,54-,55-,56-,57-,58-,59-,60-/m0/s1. The van der Waals surface area contributed by atoms with Crippen LogP contribution in [0.15, 0.2) is 0 Å².